The number of rotatable bonds is 2. The number of nitrogens with one attached hydrogen (secondary N) is 1. The largest absolute Gasteiger partial charge is 0.325 e. The Morgan fingerprint density at radius 1 is 1.37 bits per heavy atom. The minimum absolute atomic E-state index is 0.210. The molecule has 0 saturated carbocycles. The highest BCUT2D eigenvalue weighted by Gasteiger charge is 2.46. The number of benzene rings is 1. The van der Waals surface area contributed by atoms with Gasteiger partial charge in [0.2, 0.25) is 0 Å². The van der Waals surface area contributed by atoms with E-state index in [9.17, 15) is 9.59 Å². The van der Waals surface area contributed by atoms with E-state index in [2.05, 4.69) is 17.4 Å². The fourth-order valence-corrected chi connectivity index (χ4v) is 3.87. The summed E-state index contributed by atoms with van der Waals surface area (Å²) in [6.07, 6.45) is 0.953. The lowest BCUT2D eigenvalue weighted by Gasteiger charge is -2.29. The van der Waals surface area contributed by atoms with Crippen molar-refractivity contribution in [1.82, 2.24) is 10.2 Å². The molecule has 3 amide bonds. The summed E-state index contributed by atoms with van der Waals surface area (Å²) in [6.45, 7) is 4.18. The second kappa shape index (κ2) is 4.27. The van der Waals surface area contributed by atoms with E-state index in [0.717, 1.165) is 6.42 Å². The zero-order chi connectivity index (χ0) is 13.6. The Hall–Kier alpha value is -1.49. The second-order valence-electron chi connectivity index (χ2n) is 5.48. The molecular formula is C14H16N2O2S. The van der Waals surface area contributed by atoms with E-state index in [-0.39, 0.29) is 11.9 Å². The lowest BCUT2D eigenvalue weighted by Crippen LogP contribution is -2.47. The van der Waals surface area contributed by atoms with Crippen molar-refractivity contribution in [3.8, 4) is 0 Å². The summed E-state index contributed by atoms with van der Waals surface area (Å²) in [4.78, 5) is 26.5. The standard InChI is InChI=1S/C14H16N2O2S/c1-14(2)12(17)15-13(18)16(14)8-10-7-9-5-3-4-6-11(9)19-10/h3-6,10H,7-8H2,1-2H3,(H,15,17,18). The third-order valence-corrected chi connectivity index (χ3v) is 5.10. The maximum absolute atomic E-state index is 11.8. The molecule has 2 aliphatic heterocycles. The molecular weight excluding hydrogens is 260 g/mol. The Morgan fingerprint density at radius 3 is 2.74 bits per heavy atom. The van der Waals surface area contributed by atoms with Crippen LogP contribution in [0.4, 0.5) is 4.79 Å². The van der Waals surface area contributed by atoms with Gasteiger partial charge in [-0.1, -0.05) is 18.2 Å². The van der Waals surface area contributed by atoms with Gasteiger partial charge >= 0.3 is 6.03 Å². The van der Waals surface area contributed by atoms with Crippen LogP contribution in [-0.2, 0) is 11.2 Å². The fraction of sp³-hybridized carbons (Fsp3) is 0.429. The molecule has 1 atom stereocenters. The van der Waals surface area contributed by atoms with Gasteiger partial charge in [-0.25, -0.2) is 4.79 Å². The van der Waals surface area contributed by atoms with E-state index in [0.29, 0.717) is 11.8 Å². The normalized spacial score (nSPS) is 24.5. The van der Waals surface area contributed by atoms with Crippen LogP contribution in [0.15, 0.2) is 29.2 Å². The number of urea groups is 1. The smallest absolute Gasteiger partial charge is 0.309 e. The number of carbonyl (C=O) groups excluding carboxylic acids is 2. The Morgan fingerprint density at radius 2 is 2.11 bits per heavy atom. The topological polar surface area (TPSA) is 49.4 Å². The van der Waals surface area contributed by atoms with Gasteiger partial charge < -0.3 is 4.90 Å². The Bertz CT molecular complexity index is 531. The van der Waals surface area contributed by atoms with E-state index >= 15 is 0 Å². The fourth-order valence-electron chi connectivity index (χ4n) is 2.56. The summed E-state index contributed by atoms with van der Waals surface area (Å²) < 4.78 is 0. The highest BCUT2D eigenvalue weighted by Crippen LogP contribution is 2.38. The van der Waals surface area contributed by atoms with Crippen LogP contribution in [0.1, 0.15) is 19.4 Å². The molecule has 1 saturated heterocycles. The predicted octanol–water partition coefficient (Wildman–Crippen LogP) is 2.03. The number of imide groups is 1. The van der Waals surface area contributed by atoms with Gasteiger partial charge in [-0.15, -0.1) is 11.8 Å². The van der Waals surface area contributed by atoms with E-state index < -0.39 is 5.54 Å². The molecule has 0 radical (unpaired) electrons. The third-order valence-electron chi connectivity index (χ3n) is 3.80. The van der Waals surface area contributed by atoms with Crippen molar-refractivity contribution in [2.45, 2.75) is 36.0 Å². The van der Waals surface area contributed by atoms with Gasteiger partial charge in [0.05, 0.1) is 0 Å². The minimum Gasteiger partial charge on any atom is -0.309 e. The van der Waals surface area contributed by atoms with Crippen LogP contribution in [0, 0.1) is 0 Å². The van der Waals surface area contributed by atoms with Gasteiger partial charge in [-0.2, -0.15) is 0 Å². The van der Waals surface area contributed by atoms with E-state index in [1.807, 2.05) is 12.1 Å². The molecule has 100 valence electrons. The molecule has 0 spiro atoms. The van der Waals surface area contributed by atoms with Crippen molar-refractivity contribution in [2.24, 2.45) is 0 Å². The molecule has 19 heavy (non-hydrogen) atoms. The minimum atomic E-state index is -0.744. The van der Waals surface area contributed by atoms with Crippen molar-refractivity contribution >= 4 is 23.7 Å². The number of nitrogens with zero attached hydrogens (tertiary/aromatic N) is 1. The lowest BCUT2D eigenvalue weighted by atomic mass is 10.0. The molecule has 1 aromatic rings. The molecule has 1 N–H and O–H groups in total. The first-order chi connectivity index (χ1) is 8.98. The molecule has 1 fully saturated rings. The van der Waals surface area contributed by atoms with Gasteiger partial charge in [-0.05, 0) is 31.9 Å². The Labute approximate surface area is 116 Å². The molecule has 5 heteroatoms. The van der Waals surface area contributed by atoms with Crippen LogP contribution >= 0.6 is 11.8 Å². The van der Waals surface area contributed by atoms with Crippen molar-refractivity contribution in [3.63, 3.8) is 0 Å². The summed E-state index contributed by atoms with van der Waals surface area (Å²) in [5.74, 6) is -0.210. The molecule has 3 rings (SSSR count). The number of fused-ring (bicyclic) bond motifs is 1. The van der Waals surface area contributed by atoms with Crippen molar-refractivity contribution < 1.29 is 9.59 Å². The predicted molar refractivity (Wildman–Crippen MR) is 74.1 cm³/mol. The Kier molecular flexibility index (Phi) is 2.82. The summed E-state index contributed by atoms with van der Waals surface area (Å²) >= 11 is 1.79. The van der Waals surface area contributed by atoms with Crippen LogP contribution in [0.3, 0.4) is 0 Å². The van der Waals surface area contributed by atoms with Crippen molar-refractivity contribution in [1.29, 1.82) is 0 Å². The van der Waals surface area contributed by atoms with Crippen LogP contribution in [0.25, 0.3) is 0 Å². The van der Waals surface area contributed by atoms with Crippen molar-refractivity contribution in [3.05, 3.63) is 29.8 Å². The monoisotopic (exact) mass is 276 g/mol. The molecule has 1 aromatic carbocycles. The van der Waals surface area contributed by atoms with Gasteiger partial charge in [0, 0.05) is 16.7 Å². The first-order valence-electron chi connectivity index (χ1n) is 6.36. The summed E-state index contributed by atoms with van der Waals surface area (Å²) in [5.41, 5.74) is 0.591. The number of thioether (sulfide) groups is 1. The first kappa shape index (κ1) is 12.5. The number of hydrogen-bond acceptors (Lipinski definition) is 3. The van der Waals surface area contributed by atoms with E-state index in [4.69, 9.17) is 0 Å². The molecule has 2 aliphatic rings. The first-order valence-corrected chi connectivity index (χ1v) is 7.24. The molecule has 0 aliphatic carbocycles. The zero-order valence-corrected chi connectivity index (χ0v) is 11.8. The molecule has 0 aromatic heterocycles. The van der Waals surface area contributed by atoms with Crippen molar-refractivity contribution in [2.75, 3.05) is 6.54 Å². The summed E-state index contributed by atoms with van der Waals surface area (Å²) in [5, 5.41) is 2.72. The molecule has 2 heterocycles. The lowest BCUT2D eigenvalue weighted by molar-refractivity contribution is -0.125. The highest BCUT2D eigenvalue weighted by molar-refractivity contribution is 8.00. The summed E-state index contributed by atoms with van der Waals surface area (Å²) in [7, 11) is 0. The van der Waals surface area contributed by atoms with Crippen LogP contribution in [0.2, 0.25) is 0 Å². The van der Waals surface area contributed by atoms with Gasteiger partial charge in [0.25, 0.3) is 5.91 Å². The molecule has 1 unspecified atom stereocenters. The third kappa shape index (κ3) is 2.02. The average Bonchev–Trinajstić information content (AvgIpc) is 2.84. The molecule has 4 nitrogen and oxygen atoms in total. The van der Waals surface area contributed by atoms with Crippen LogP contribution < -0.4 is 5.32 Å². The van der Waals surface area contributed by atoms with Crippen LogP contribution in [0.5, 0.6) is 0 Å². The average molecular weight is 276 g/mol. The van der Waals surface area contributed by atoms with E-state index in [1.54, 1.807) is 30.5 Å². The summed E-state index contributed by atoms with van der Waals surface area (Å²) in [6, 6.07) is 8.04. The number of carbonyl (C=O) groups is 2. The second-order valence-corrected chi connectivity index (χ2v) is 6.82. The van der Waals surface area contributed by atoms with E-state index in [1.165, 1.54) is 10.5 Å². The maximum atomic E-state index is 11.8. The Balaban J connectivity index is 1.74. The van der Waals surface area contributed by atoms with Crippen LogP contribution in [-0.4, -0.2) is 34.2 Å². The van der Waals surface area contributed by atoms with Gasteiger partial charge in [0.1, 0.15) is 5.54 Å². The highest BCUT2D eigenvalue weighted by atomic mass is 32.2. The SMILES string of the molecule is CC1(C)C(=O)NC(=O)N1CC1Cc2ccccc2S1. The van der Waals surface area contributed by atoms with Gasteiger partial charge in [-0.3, -0.25) is 10.1 Å². The van der Waals surface area contributed by atoms with Gasteiger partial charge in [0.15, 0.2) is 0 Å². The number of amides is 3. The maximum Gasteiger partial charge on any atom is 0.325 e. The zero-order valence-electron chi connectivity index (χ0n) is 11.0. The quantitative estimate of drug-likeness (QED) is 0.841. The molecule has 0 bridgehead atoms. The number of hydrogen-bond donors (Lipinski definition) is 1.